The number of rotatable bonds is 8. The monoisotopic (exact) mass is 354 g/mol. The molecule has 0 aromatic heterocycles. The molecule has 0 aliphatic heterocycles. The molecule has 0 saturated heterocycles. The van der Waals surface area contributed by atoms with Gasteiger partial charge in [-0.15, -0.1) is 0 Å². The van der Waals surface area contributed by atoms with Gasteiger partial charge in [-0.3, -0.25) is 9.59 Å². The van der Waals surface area contributed by atoms with Gasteiger partial charge in [0.1, 0.15) is 5.66 Å². The summed E-state index contributed by atoms with van der Waals surface area (Å²) in [5.74, 6) is -0.973. The maximum absolute atomic E-state index is 12.0. The standard InChI is InChI=1S/C12H27O6PSi2/c1-15-11(13)9-10(12(14)16-2)19(17-20(3,4)5)18-21(6,7)8/h10H,9H2,1-8H3. The summed E-state index contributed by atoms with van der Waals surface area (Å²) < 4.78 is 21.6. The molecule has 0 aliphatic rings. The Bertz CT molecular complexity index is 348. The van der Waals surface area contributed by atoms with Crippen molar-refractivity contribution in [2.75, 3.05) is 14.2 Å². The molecule has 0 rings (SSSR count). The molecule has 0 aromatic carbocycles. The predicted molar refractivity (Wildman–Crippen MR) is 88.2 cm³/mol. The Balaban J connectivity index is 5.33. The zero-order chi connectivity index (χ0) is 16.8. The van der Waals surface area contributed by atoms with E-state index < -0.39 is 42.6 Å². The lowest BCUT2D eigenvalue weighted by Crippen LogP contribution is -2.35. The van der Waals surface area contributed by atoms with Crippen LogP contribution in [-0.4, -0.2) is 48.5 Å². The van der Waals surface area contributed by atoms with Crippen molar-refractivity contribution in [3.05, 3.63) is 0 Å². The van der Waals surface area contributed by atoms with Gasteiger partial charge in [-0.05, 0) is 39.3 Å². The van der Waals surface area contributed by atoms with E-state index in [1.54, 1.807) is 0 Å². The van der Waals surface area contributed by atoms with Crippen LogP contribution in [0, 0.1) is 0 Å². The first-order chi connectivity index (χ1) is 9.39. The third-order valence-electron chi connectivity index (χ3n) is 2.04. The van der Waals surface area contributed by atoms with Crippen LogP contribution in [0.1, 0.15) is 6.42 Å². The van der Waals surface area contributed by atoms with Gasteiger partial charge in [0.2, 0.25) is 0 Å². The third-order valence-corrected chi connectivity index (χ3v) is 8.77. The first kappa shape index (κ1) is 20.7. The van der Waals surface area contributed by atoms with E-state index in [1.165, 1.54) is 14.2 Å². The Morgan fingerprint density at radius 2 is 1.33 bits per heavy atom. The second kappa shape index (κ2) is 8.38. The fourth-order valence-corrected chi connectivity index (χ4v) is 7.70. The second-order valence-electron chi connectivity index (χ2n) is 6.51. The first-order valence-corrected chi connectivity index (χ1v) is 14.8. The normalized spacial score (nSPS) is 14.0. The summed E-state index contributed by atoms with van der Waals surface area (Å²) in [6.07, 6.45) is -0.0934. The summed E-state index contributed by atoms with van der Waals surface area (Å²) in [6.45, 7) is 12.1. The lowest BCUT2D eigenvalue weighted by molar-refractivity contribution is -0.146. The number of hydrogen-bond donors (Lipinski definition) is 0. The molecule has 0 spiro atoms. The van der Waals surface area contributed by atoms with E-state index in [0.717, 1.165) is 0 Å². The molecular formula is C12H27O6PSi2. The van der Waals surface area contributed by atoms with Crippen LogP contribution in [0.2, 0.25) is 39.3 Å². The summed E-state index contributed by atoms with van der Waals surface area (Å²) in [4.78, 5) is 23.6. The zero-order valence-corrected chi connectivity index (χ0v) is 17.1. The molecule has 0 fully saturated rings. The van der Waals surface area contributed by atoms with Crippen LogP contribution in [0.25, 0.3) is 0 Å². The molecule has 1 atom stereocenters. The van der Waals surface area contributed by atoms with Gasteiger partial charge < -0.3 is 17.9 Å². The molecule has 0 N–H and O–H groups in total. The van der Waals surface area contributed by atoms with Crippen molar-refractivity contribution in [1.82, 2.24) is 0 Å². The van der Waals surface area contributed by atoms with Crippen LogP contribution in [0.15, 0.2) is 0 Å². The molecule has 124 valence electrons. The van der Waals surface area contributed by atoms with Crippen molar-refractivity contribution in [1.29, 1.82) is 0 Å². The van der Waals surface area contributed by atoms with Crippen molar-refractivity contribution < 1.29 is 27.5 Å². The highest BCUT2D eigenvalue weighted by Crippen LogP contribution is 2.50. The molecule has 21 heavy (non-hydrogen) atoms. The van der Waals surface area contributed by atoms with Gasteiger partial charge in [0.25, 0.3) is 0 Å². The summed E-state index contributed by atoms with van der Waals surface area (Å²) >= 11 is 0. The van der Waals surface area contributed by atoms with Crippen LogP contribution in [0.4, 0.5) is 0 Å². The van der Waals surface area contributed by atoms with Crippen molar-refractivity contribution in [3.8, 4) is 0 Å². The van der Waals surface area contributed by atoms with Gasteiger partial charge in [-0.25, -0.2) is 0 Å². The molecule has 0 aliphatic carbocycles. The molecule has 0 heterocycles. The fourth-order valence-electron chi connectivity index (χ4n) is 1.31. The largest absolute Gasteiger partial charge is 0.469 e. The fraction of sp³-hybridized carbons (Fsp3) is 0.833. The van der Waals surface area contributed by atoms with Crippen molar-refractivity contribution >= 4 is 36.9 Å². The highest BCUT2D eigenvalue weighted by atomic mass is 31.2. The van der Waals surface area contributed by atoms with E-state index in [2.05, 4.69) is 4.74 Å². The lowest BCUT2D eigenvalue weighted by atomic mass is 10.3. The highest BCUT2D eigenvalue weighted by Gasteiger charge is 2.39. The Labute approximate surface area is 130 Å². The molecule has 1 unspecified atom stereocenters. The molecule has 6 nitrogen and oxygen atoms in total. The van der Waals surface area contributed by atoms with Gasteiger partial charge in [0.05, 0.1) is 20.6 Å². The van der Waals surface area contributed by atoms with Crippen molar-refractivity contribution in [2.24, 2.45) is 0 Å². The maximum atomic E-state index is 12.0. The number of ether oxygens (including phenoxy) is 2. The average molecular weight is 354 g/mol. The van der Waals surface area contributed by atoms with Gasteiger partial charge in [0, 0.05) is 0 Å². The Morgan fingerprint density at radius 1 is 0.905 bits per heavy atom. The van der Waals surface area contributed by atoms with Crippen molar-refractivity contribution in [3.63, 3.8) is 0 Å². The molecule has 0 aromatic rings. The number of carbonyl (C=O) groups is 2. The Hall–Kier alpha value is -0.276. The van der Waals surface area contributed by atoms with Crippen molar-refractivity contribution in [2.45, 2.75) is 51.4 Å². The topological polar surface area (TPSA) is 71.1 Å². The Morgan fingerprint density at radius 3 is 1.62 bits per heavy atom. The molecule has 0 saturated carbocycles. The summed E-state index contributed by atoms with van der Waals surface area (Å²) in [6, 6.07) is 0. The molecule has 9 heteroatoms. The minimum Gasteiger partial charge on any atom is -0.469 e. The number of methoxy groups -OCH3 is 2. The van der Waals surface area contributed by atoms with E-state index in [4.69, 9.17) is 13.2 Å². The molecular weight excluding hydrogens is 327 g/mol. The lowest BCUT2D eigenvalue weighted by Gasteiger charge is -2.33. The number of carbonyl (C=O) groups excluding carboxylic acids is 2. The summed E-state index contributed by atoms with van der Waals surface area (Å²) in [5.41, 5.74) is -0.754. The third kappa shape index (κ3) is 9.36. The van der Waals surface area contributed by atoms with Crippen LogP contribution in [-0.2, 0) is 27.5 Å². The highest BCUT2D eigenvalue weighted by molar-refractivity contribution is 7.52. The zero-order valence-electron chi connectivity index (χ0n) is 14.2. The second-order valence-corrected chi connectivity index (χ2v) is 17.6. The van der Waals surface area contributed by atoms with E-state index in [9.17, 15) is 9.59 Å². The van der Waals surface area contributed by atoms with E-state index >= 15 is 0 Å². The van der Waals surface area contributed by atoms with Gasteiger partial charge in [-0.2, -0.15) is 0 Å². The van der Waals surface area contributed by atoms with Crippen LogP contribution in [0.3, 0.4) is 0 Å². The van der Waals surface area contributed by atoms with Crippen LogP contribution in [0.5, 0.6) is 0 Å². The van der Waals surface area contributed by atoms with Crippen LogP contribution < -0.4 is 0 Å². The smallest absolute Gasteiger partial charge is 0.318 e. The Kier molecular flexibility index (Phi) is 8.27. The van der Waals surface area contributed by atoms with E-state index in [1.807, 2.05) is 39.3 Å². The first-order valence-electron chi connectivity index (χ1n) is 6.72. The molecule has 0 radical (unpaired) electrons. The van der Waals surface area contributed by atoms with Gasteiger partial charge in [0.15, 0.2) is 25.0 Å². The van der Waals surface area contributed by atoms with Gasteiger partial charge >= 0.3 is 11.9 Å². The predicted octanol–water partition coefficient (Wildman–Crippen LogP) is 3.11. The number of esters is 2. The minimum atomic E-state index is -1.94. The average Bonchev–Trinajstić information content (AvgIpc) is 2.30. The molecule has 0 bridgehead atoms. The van der Waals surface area contributed by atoms with Crippen LogP contribution >= 0.6 is 8.38 Å². The summed E-state index contributed by atoms with van der Waals surface area (Å²) in [7, 11) is -2.82. The SMILES string of the molecule is COC(=O)CC(C(=O)OC)P(O[Si](C)(C)C)O[Si](C)(C)C. The number of hydrogen-bond acceptors (Lipinski definition) is 6. The molecule has 0 amide bonds. The van der Waals surface area contributed by atoms with Gasteiger partial charge in [-0.1, -0.05) is 0 Å². The maximum Gasteiger partial charge on any atom is 0.318 e. The van der Waals surface area contributed by atoms with E-state index in [-0.39, 0.29) is 6.42 Å². The quantitative estimate of drug-likeness (QED) is 0.379. The van der Waals surface area contributed by atoms with E-state index in [0.29, 0.717) is 0 Å². The summed E-state index contributed by atoms with van der Waals surface area (Å²) in [5, 5.41) is 0. The minimum absolute atomic E-state index is 0.0934.